The minimum atomic E-state index is -4.74. The third-order valence-corrected chi connectivity index (χ3v) is 4.95. The minimum Gasteiger partial charge on any atom is -0.404 e. The predicted molar refractivity (Wildman–Crippen MR) is 78.8 cm³/mol. The zero-order chi connectivity index (χ0) is 17.1. The molecule has 130 valence electrons. The number of ether oxygens (including phenoxy) is 1. The summed E-state index contributed by atoms with van der Waals surface area (Å²) in [4.78, 5) is 5.86. The molecule has 0 spiro atoms. The van der Waals surface area contributed by atoms with Crippen LogP contribution in [0.2, 0.25) is 0 Å². The number of hydrogen-bond donors (Lipinski definition) is 1. The van der Waals surface area contributed by atoms with E-state index in [9.17, 15) is 21.6 Å². The average Bonchev–Trinajstić information content (AvgIpc) is 2.47. The molecule has 2 heterocycles. The first kappa shape index (κ1) is 17.8. The van der Waals surface area contributed by atoms with Crippen molar-refractivity contribution < 1.29 is 26.3 Å². The maximum Gasteiger partial charge on any atom is 0.573 e. The molecule has 0 radical (unpaired) electrons. The first-order chi connectivity index (χ1) is 10.7. The molecular weight excluding hydrogens is 335 g/mol. The molecule has 0 aliphatic carbocycles. The number of piperidine rings is 1. The van der Waals surface area contributed by atoms with E-state index in [1.807, 2.05) is 4.90 Å². The van der Waals surface area contributed by atoms with Gasteiger partial charge < -0.3 is 9.64 Å². The van der Waals surface area contributed by atoms with Crippen LogP contribution < -0.4 is 14.4 Å². The van der Waals surface area contributed by atoms with Crippen LogP contribution in [0.4, 0.5) is 19.0 Å². The number of halogens is 3. The van der Waals surface area contributed by atoms with Gasteiger partial charge in [0.2, 0.25) is 10.0 Å². The predicted octanol–water partition coefficient (Wildman–Crippen LogP) is 1.89. The molecule has 1 aliphatic rings. The summed E-state index contributed by atoms with van der Waals surface area (Å²) >= 11 is 0. The first-order valence-electron chi connectivity index (χ1n) is 7.15. The second kappa shape index (κ2) is 6.91. The molecule has 6 nitrogen and oxygen atoms in total. The van der Waals surface area contributed by atoms with E-state index in [0.717, 1.165) is 6.20 Å². The largest absolute Gasteiger partial charge is 0.573 e. The van der Waals surface area contributed by atoms with Gasteiger partial charge in [-0.25, -0.2) is 18.1 Å². The van der Waals surface area contributed by atoms with Crippen LogP contribution in [0.5, 0.6) is 5.75 Å². The lowest BCUT2D eigenvalue weighted by molar-refractivity contribution is -0.274. The van der Waals surface area contributed by atoms with Crippen LogP contribution >= 0.6 is 0 Å². The summed E-state index contributed by atoms with van der Waals surface area (Å²) in [7, 11) is -3.23. The number of hydrogen-bond acceptors (Lipinski definition) is 5. The maximum atomic E-state index is 12.1. The normalized spacial score (nSPS) is 17.3. The quantitative estimate of drug-likeness (QED) is 0.875. The molecule has 1 fully saturated rings. The van der Waals surface area contributed by atoms with Gasteiger partial charge in [-0.3, -0.25) is 0 Å². The monoisotopic (exact) mass is 353 g/mol. The van der Waals surface area contributed by atoms with E-state index in [-0.39, 0.29) is 17.5 Å². The van der Waals surface area contributed by atoms with Crippen molar-refractivity contribution in [2.45, 2.75) is 32.2 Å². The van der Waals surface area contributed by atoms with Crippen molar-refractivity contribution in [3.8, 4) is 5.75 Å². The Labute approximate surface area is 132 Å². The fraction of sp³-hybridized carbons (Fsp3) is 0.615. The van der Waals surface area contributed by atoms with E-state index >= 15 is 0 Å². The highest BCUT2D eigenvalue weighted by atomic mass is 32.2. The number of aromatic nitrogens is 1. The lowest BCUT2D eigenvalue weighted by Crippen LogP contribution is -2.45. The molecule has 0 atom stereocenters. The Balaban J connectivity index is 1.90. The molecule has 1 N–H and O–H groups in total. The summed E-state index contributed by atoms with van der Waals surface area (Å²) in [5.74, 6) is 0.207. The fourth-order valence-corrected chi connectivity index (χ4v) is 3.23. The number of alkyl halides is 3. The van der Waals surface area contributed by atoms with Crippen molar-refractivity contribution in [2.24, 2.45) is 0 Å². The van der Waals surface area contributed by atoms with Gasteiger partial charge in [0.1, 0.15) is 11.6 Å². The summed E-state index contributed by atoms with van der Waals surface area (Å²) in [6.45, 7) is 2.72. The Kier molecular flexibility index (Phi) is 5.35. The van der Waals surface area contributed by atoms with Gasteiger partial charge in [0.25, 0.3) is 0 Å². The van der Waals surface area contributed by atoms with E-state index in [1.54, 1.807) is 6.92 Å². The summed E-state index contributed by atoms with van der Waals surface area (Å²) in [6.07, 6.45) is -2.49. The fourth-order valence-electron chi connectivity index (χ4n) is 2.32. The molecule has 1 aromatic heterocycles. The lowest BCUT2D eigenvalue weighted by atomic mass is 10.1. The SMILES string of the molecule is CCS(=O)(=O)NC1CCN(c2ccc(OC(F)(F)F)cn2)CC1. The van der Waals surface area contributed by atoms with Crippen LogP contribution in [0, 0.1) is 0 Å². The third-order valence-electron chi connectivity index (χ3n) is 3.50. The molecule has 1 aliphatic heterocycles. The Bertz CT molecular complexity index is 612. The van der Waals surface area contributed by atoms with E-state index in [2.05, 4.69) is 14.4 Å². The van der Waals surface area contributed by atoms with E-state index in [4.69, 9.17) is 0 Å². The lowest BCUT2D eigenvalue weighted by Gasteiger charge is -2.33. The zero-order valence-electron chi connectivity index (χ0n) is 12.5. The van der Waals surface area contributed by atoms with E-state index in [1.165, 1.54) is 12.1 Å². The molecule has 0 bridgehead atoms. The molecule has 10 heteroatoms. The van der Waals surface area contributed by atoms with Gasteiger partial charge in [0.15, 0.2) is 0 Å². The number of rotatable bonds is 5. The molecule has 2 rings (SSSR count). The summed E-state index contributed by atoms with van der Waals surface area (Å²) < 4.78 is 65.7. The maximum absolute atomic E-state index is 12.1. The van der Waals surface area contributed by atoms with Gasteiger partial charge >= 0.3 is 6.36 Å². The van der Waals surface area contributed by atoms with Crippen molar-refractivity contribution in [2.75, 3.05) is 23.7 Å². The van der Waals surface area contributed by atoms with Gasteiger partial charge in [-0.05, 0) is 31.9 Å². The van der Waals surface area contributed by atoms with Gasteiger partial charge in [-0.15, -0.1) is 13.2 Å². The first-order valence-corrected chi connectivity index (χ1v) is 8.80. The van der Waals surface area contributed by atoms with Crippen molar-refractivity contribution in [3.63, 3.8) is 0 Å². The van der Waals surface area contributed by atoms with Crippen molar-refractivity contribution >= 4 is 15.8 Å². The molecule has 1 saturated heterocycles. The second-order valence-corrected chi connectivity index (χ2v) is 7.23. The molecule has 0 amide bonds. The van der Waals surface area contributed by atoms with Gasteiger partial charge in [0, 0.05) is 19.1 Å². The standard InChI is InChI=1S/C13H18F3N3O3S/c1-2-23(20,21)18-10-5-7-19(8-6-10)12-4-3-11(9-17-12)22-13(14,15)16/h3-4,9-10,18H,2,5-8H2,1H3. The highest BCUT2D eigenvalue weighted by molar-refractivity contribution is 7.89. The molecule has 0 unspecified atom stereocenters. The van der Waals surface area contributed by atoms with Crippen LogP contribution in [-0.4, -0.2) is 44.6 Å². The van der Waals surface area contributed by atoms with Crippen molar-refractivity contribution in [3.05, 3.63) is 18.3 Å². The van der Waals surface area contributed by atoms with Crippen LogP contribution in [0.15, 0.2) is 18.3 Å². The minimum absolute atomic E-state index is 0.0371. The summed E-state index contributed by atoms with van der Waals surface area (Å²) in [5, 5.41) is 0. The highest BCUT2D eigenvalue weighted by Gasteiger charge is 2.31. The van der Waals surface area contributed by atoms with E-state index in [0.29, 0.717) is 31.7 Å². The molecular formula is C13H18F3N3O3S. The number of nitrogens with zero attached hydrogens (tertiary/aromatic N) is 2. The Morgan fingerprint density at radius 2 is 2.00 bits per heavy atom. The molecule has 1 aromatic rings. The number of anilines is 1. The molecule has 23 heavy (non-hydrogen) atoms. The summed E-state index contributed by atoms with van der Waals surface area (Å²) in [6, 6.07) is 2.54. The number of nitrogens with one attached hydrogen (secondary N) is 1. The van der Waals surface area contributed by atoms with Crippen LogP contribution in [-0.2, 0) is 10.0 Å². The average molecular weight is 353 g/mol. The Hall–Kier alpha value is -1.55. The zero-order valence-corrected chi connectivity index (χ0v) is 13.3. The smallest absolute Gasteiger partial charge is 0.404 e. The van der Waals surface area contributed by atoms with Gasteiger partial charge in [-0.1, -0.05) is 0 Å². The Morgan fingerprint density at radius 1 is 1.35 bits per heavy atom. The van der Waals surface area contributed by atoms with Crippen LogP contribution in [0.3, 0.4) is 0 Å². The molecule has 0 saturated carbocycles. The Morgan fingerprint density at radius 3 is 2.48 bits per heavy atom. The number of pyridine rings is 1. The second-order valence-electron chi connectivity index (χ2n) is 5.18. The highest BCUT2D eigenvalue weighted by Crippen LogP contribution is 2.24. The topological polar surface area (TPSA) is 71.5 Å². The molecule has 0 aromatic carbocycles. The van der Waals surface area contributed by atoms with Crippen molar-refractivity contribution in [1.82, 2.24) is 9.71 Å². The summed E-state index contributed by atoms with van der Waals surface area (Å²) in [5.41, 5.74) is 0. The van der Waals surface area contributed by atoms with Gasteiger partial charge in [-0.2, -0.15) is 0 Å². The van der Waals surface area contributed by atoms with Crippen LogP contribution in [0.1, 0.15) is 19.8 Å². The van der Waals surface area contributed by atoms with Crippen LogP contribution in [0.25, 0.3) is 0 Å². The van der Waals surface area contributed by atoms with E-state index < -0.39 is 16.4 Å². The third kappa shape index (κ3) is 5.54. The van der Waals surface area contributed by atoms with Crippen molar-refractivity contribution in [1.29, 1.82) is 0 Å². The van der Waals surface area contributed by atoms with Gasteiger partial charge in [0.05, 0.1) is 11.9 Å². The number of sulfonamides is 1.